The van der Waals surface area contributed by atoms with Crippen molar-refractivity contribution >= 4 is 0 Å². The molecule has 3 aromatic rings. The predicted octanol–water partition coefficient (Wildman–Crippen LogP) is 2.35. The van der Waals surface area contributed by atoms with Gasteiger partial charge in [-0.05, 0) is 61.4 Å². The Balaban J connectivity index is 1.72. The van der Waals surface area contributed by atoms with E-state index in [1.165, 1.54) is 10.7 Å². The van der Waals surface area contributed by atoms with Crippen LogP contribution in [-0.2, 0) is 6.54 Å². The Morgan fingerprint density at radius 3 is 2.72 bits per heavy atom. The monoisotopic (exact) mass is 343 g/mol. The zero-order valence-corrected chi connectivity index (χ0v) is 14.8. The van der Waals surface area contributed by atoms with Crippen LogP contribution in [0.3, 0.4) is 0 Å². The lowest BCUT2D eigenvalue weighted by Crippen LogP contribution is -2.34. The largest absolute Gasteiger partial charge is 0.305 e. The average Bonchev–Trinajstić information content (AvgIpc) is 3.23. The van der Waals surface area contributed by atoms with Crippen molar-refractivity contribution in [2.45, 2.75) is 46.3 Å². The van der Waals surface area contributed by atoms with Gasteiger partial charge in [0.25, 0.3) is 0 Å². The van der Waals surface area contributed by atoms with Crippen LogP contribution in [0.5, 0.6) is 0 Å². The van der Waals surface area contributed by atoms with E-state index in [0.29, 0.717) is 18.1 Å². The predicted molar refractivity (Wildman–Crippen MR) is 91.8 cm³/mol. The quantitative estimate of drug-likeness (QED) is 0.744. The van der Waals surface area contributed by atoms with Crippen molar-refractivity contribution in [2.24, 2.45) is 0 Å². The second-order valence-corrected chi connectivity index (χ2v) is 6.37. The van der Waals surface area contributed by atoms with Crippen LogP contribution >= 0.6 is 0 Å². The van der Waals surface area contributed by atoms with Crippen LogP contribution in [0.25, 0.3) is 5.69 Å². The number of nitrogens with one attached hydrogen (secondary N) is 1. The molecule has 0 saturated carbocycles. The zero-order valence-electron chi connectivity index (χ0n) is 14.8. The molecule has 2 atom stereocenters. The third-order valence-corrected chi connectivity index (χ3v) is 4.32. The van der Waals surface area contributed by atoms with Crippen LogP contribution in [0.2, 0.25) is 0 Å². The molecular weight excluding hydrogens is 321 g/mol. The normalized spacial score (nSPS) is 13.8. The summed E-state index contributed by atoms with van der Waals surface area (Å²) in [7, 11) is 0. The number of halogens is 1. The first-order valence-corrected chi connectivity index (χ1v) is 8.23. The highest BCUT2D eigenvalue weighted by Gasteiger charge is 2.17. The summed E-state index contributed by atoms with van der Waals surface area (Å²) in [5.74, 6) is 0.202. The van der Waals surface area contributed by atoms with Gasteiger partial charge in [0.2, 0.25) is 0 Å². The third kappa shape index (κ3) is 3.74. The number of hydrogen-bond acceptors (Lipinski definition) is 5. The van der Waals surface area contributed by atoms with Gasteiger partial charge in [0.1, 0.15) is 11.5 Å². The first-order chi connectivity index (χ1) is 12.0. The first kappa shape index (κ1) is 17.2. The van der Waals surface area contributed by atoms with Gasteiger partial charge >= 0.3 is 0 Å². The average molecular weight is 343 g/mol. The first-order valence-electron chi connectivity index (χ1n) is 8.23. The Morgan fingerprint density at radius 1 is 1.20 bits per heavy atom. The second kappa shape index (κ2) is 7.10. The van der Waals surface area contributed by atoms with E-state index in [0.717, 1.165) is 11.1 Å². The molecule has 25 heavy (non-hydrogen) atoms. The lowest BCUT2D eigenvalue weighted by atomic mass is 10.1. The van der Waals surface area contributed by atoms with Crippen LogP contribution in [0, 0.1) is 19.7 Å². The Hall–Kier alpha value is -2.61. The van der Waals surface area contributed by atoms with Crippen molar-refractivity contribution in [3.05, 3.63) is 53.4 Å². The molecule has 8 heteroatoms. The van der Waals surface area contributed by atoms with Gasteiger partial charge in [-0.15, -0.1) is 5.10 Å². The Bertz CT molecular complexity index is 854. The van der Waals surface area contributed by atoms with E-state index < -0.39 is 0 Å². The van der Waals surface area contributed by atoms with Crippen molar-refractivity contribution in [1.82, 2.24) is 35.3 Å². The molecule has 0 radical (unpaired) electrons. The topological polar surface area (TPSA) is 73.5 Å². The molecule has 0 unspecified atom stereocenters. The minimum atomic E-state index is -0.354. The maximum Gasteiger partial charge on any atom is 0.170 e. The maximum absolute atomic E-state index is 14.1. The van der Waals surface area contributed by atoms with Gasteiger partial charge in [-0.2, -0.15) is 9.78 Å². The molecule has 0 spiro atoms. The van der Waals surface area contributed by atoms with E-state index in [1.54, 1.807) is 12.1 Å². The molecule has 2 heterocycles. The third-order valence-electron chi connectivity index (χ3n) is 4.32. The second-order valence-electron chi connectivity index (χ2n) is 6.37. The van der Waals surface area contributed by atoms with Gasteiger partial charge in [0.05, 0.1) is 18.8 Å². The number of hydrogen-bond donors (Lipinski definition) is 1. The summed E-state index contributed by atoms with van der Waals surface area (Å²) in [5.41, 5.74) is 2.42. The SMILES string of the molecule is Cc1ccc(F)c(-n2nnnc2CN[C@H](C)[C@@H](C)n2cc(C)cn2)c1. The van der Waals surface area contributed by atoms with E-state index >= 15 is 0 Å². The zero-order chi connectivity index (χ0) is 18.0. The Morgan fingerprint density at radius 2 is 2.00 bits per heavy atom. The molecule has 132 valence electrons. The van der Waals surface area contributed by atoms with Crippen molar-refractivity contribution < 1.29 is 4.39 Å². The highest BCUT2D eigenvalue weighted by molar-refractivity contribution is 5.36. The number of aryl methyl sites for hydroxylation is 2. The molecule has 0 amide bonds. The molecule has 2 aromatic heterocycles. The minimum Gasteiger partial charge on any atom is -0.305 e. The van der Waals surface area contributed by atoms with Crippen molar-refractivity contribution in [1.29, 1.82) is 0 Å². The number of nitrogens with zero attached hydrogens (tertiary/aromatic N) is 6. The van der Waals surface area contributed by atoms with Gasteiger partial charge < -0.3 is 5.32 Å². The van der Waals surface area contributed by atoms with E-state index in [1.807, 2.05) is 30.9 Å². The fourth-order valence-corrected chi connectivity index (χ4v) is 2.60. The van der Waals surface area contributed by atoms with Crippen LogP contribution in [0.4, 0.5) is 4.39 Å². The number of rotatable bonds is 6. The van der Waals surface area contributed by atoms with Gasteiger partial charge in [-0.3, -0.25) is 4.68 Å². The molecule has 1 N–H and O–H groups in total. The van der Waals surface area contributed by atoms with Gasteiger partial charge in [-0.25, -0.2) is 4.39 Å². The molecule has 0 aliphatic rings. The molecule has 1 aromatic carbocycles. The number of aromatic nitrogens is 6. The molecule has 0 aliphatic carbocycles. The maximum atomic E-state index is 14.1. The van der Waals surface area contributed by atoms with E-state index in [4.69, 9.17) is 0 Å². The van der Waals surface area contributed by atoms with Crippen LogP contribution in [0.1, 0.15) is 36.8 Å². The Kier molecular flexibility index (Phi) is 4.89. The smallest absolute Gasteiger partial charge is 0.170 e. The molecule has 0 saturated heterocycles. The summed E-state index contributed by atoms with van der Waals surface area (Å²) in [6.45, 7) is 8.50. The summed E-state index contributed by atoms with van der Waals surface area (Å²) in [6.07, 6.45) is 3.85. The summed E-state index contributed by atoms with van der Waals surface area (Å²) in [6, 6.07) is 5.17. The fourth-order valence-electron chi connectivity index (χ4n) is 2.60. The fraction of sp³-hybridized carbons (Fsp3) is 0.412. The lowest BCUT2D eigenvalue weighted by molar-refractivity contribution is 0.361. The van der Waals surface area contributed by atoms with E-state index in [-0.39, 0.29) is 17.9 Å². The number of tetrazole rings is 1. The summed E-state index contributed by atoms with van der Waals surface area (Å²) in [4.78, 5) is 0. The van der Waals surface area contributed by atoms with E-state index in [2.05, 4.69) is 39.8 Å². The van der Waals surface area contributed by atoms with Crippen LogP contribution in [-0.4, -0.2) is 36.0 Å². The molecule has 0 aliphatic heterocycles. The summed E-state index contributed by atoms with van der Waals surface area (Å²) in [5, 5.41) is 19.4. The molecule has 3 rings (SSSR count). The van der Waals surface area contributed by atoms with Gasteiger partial charge in [0, 0.05) is 12.2 Å². The number of benzene rings is 1. The standard InChI is InChI=1S/C17H22FN7/c1-11-5-6-15(18)16(7-11)25-17(21-22-23-25)9-19-13(3)14(4)24-10-12(2)8-20-24/h5-8,10,13-14,19H,9H2,1-4H3/t13-,14-/m1/s1. The highest BCUT2D eigenvalue weighted by atomic mass is 19.1. The van der Waals surface area contributed by atoms with E-state index in [9.17, 15) is 4.39 Å². The molecule has 0 bridgehead atoms. The summed E-state index contributed by atoms with van der Waals surface area (Å²) >= 11 is 0. The van der Waals surface area contributed by atoms with Crippen LogP contribution < -0.4 is 5.32 Å². The molecule has 7 nitrogen and oxygen atoms in total. The van der Waals surface area contributed by atoms with Gasteiger partial charge in [0.15, 0.2) is 5.82 Å². The lowest BCUT2D eigenvalue weighted by Gasteiger charge is -2.21. The van der Waals surface area contributed by atoms with Crippen molar-refractivity contribution in [3.63, 3.8) is 0 Å². The summed E-state index contributed by atoms with van der Waals surface area (Å²) < 4.78 is 17.5. The van der Waals surface area contributed by atoms with Gasteiger partial charge in [-0.1, -0.05) is 6.07 Å². The van der Waals surface area contributed by atoms with Crippen LogP contribution in [0.15, 0.2) is 30.6 Å². The van der Waals surface area contributed by atoms with Crippen molar-refractivity contribution in [3.8, 4) is 5.69 Å². The minimum absolute atomic E-state index is 0.131. The molecular formula is C17H22FN7. The highest BCUT2D eigenvalue weighted by Crippen LogP contribution is 2.16. The Labute approximate surface area is 145 Å². The van der Waals surface area contributed by atoms with Crippen molar-refractivity contribution in [2.75, 3.05) is 0 Å². The molecule has 0 fully saturated rings.